The van der Waals surface area contributed by atoms with E-state index in [1.165, 1.54) is 0 Å². The first-order valence-corrected chi connectivity index (χ1v) is 6.15. The molecule has 1 aromatic heterocycles. The average Bonchev–Trinajstić information content (AvgIpc) is 2.55. The van der Waals surface area contributed by atoms with Gasteiger partial charge in [0, 0.05) is 11.7 Å². The van der Waals surface area contributed by atoms with Crippen molar-refractivity contribution in [2.24, 2.45) is 5.92 Å². The Labute approximate surface area is 103 Å². The summed E-state index contributed by atoms with van der Waals surface area (Å²) in [6, 6.07) is 0.364. The SMILES string of the molecule is CCC(C)n1nc(C)c(CC(C)C(=O)O)c1C. The van der Waals surface area contributed by atoms with Gasteiger partial charge < -0.3 is 5.11 Å². The topological polar surface area (TPSA) is 55.1 Å². The number of nitrogens with zero attached hydrogens (tertiary/aromatic N) is 2. The van der Waals surface area contributed by atoms with Crippen LogP contribution >= 0.6 is 0 Å². The summed E-state index contributed by atoms with van der Waals surface area (Å²) in [6.45, 7) is 9.97. The molecule has 96 valence electrons. The average molecular weight is 238 g/mol. The number of hydrogen-bond acceptors (Lipinski definition) is 2. The number of aryl methyl sites for hydroxylation is 1. The summed E-state index contributed by atoms with van der Waals surface area (Å²) >= 11 is 0. The van der Waals surface area contributed by atoms with Crippen LogP contribution in [0.15, 0.2) is 0 Å². The molecule has 0 saturated carbocycles. The minimum Gasteiger partial charge on any atom is -0.481 e. The van der Waals surface area contributed by atoms with Crippen molar-refractivity contribution in [3.05, 3.63) is 17.0 Å². The van der Waals surface area contributed by atoms with Crippen LogP contribution in [0.2, 0.25) is 0 Å². The van der Waals surface area contributed by atoms with E-state index in [0.29, 0.717) is 12.5 Å². The summed E-state index contributed by atoms with van der Waals surface area (Å²) in [5.41, 5.74) is 3.14. The molecule has 17 heavy (non-hydrogen) atoms. The molecule has 0 aromatic carbocycles. The maximum Gasteiger partial charge on any atom is 0.306 e. The molecule has 1 heterocycles. The molecule has 4 nitrogen and oxygen atoms in total. The van der Waals surface area contributed by atoms with E-state index in [2.05, 4.69) is 18.9 Å². The second-order valence-corrected chi connectivity index (χ2v) is 4.79. The molecule has 0 radical (unpaired) electrons. The minimum atomic E-state index is -0.750. The van der Waals surface area contributed by atoms with Crippen LogP contribution in [-0.2, 0) is 11.2 Å². The molecule has 0 saturated heterocycles. The normalized spacial score (nSPS) is 14.6. The summed E-state index contributed by atoms with van der Waals surface area (Å²) in [5, 5.41) is 13.5. The first kappa shape index (κ1) is 13.7. The quantitative estimate of drug-likeness (QED) is 0.858. The van der Waals surface area contributed by atoms with Gasteiger partial charge in [-0.15, -0.1) is 0 Å². The Morgan fingerprint density at radius 1 is 1.41 bits per heavy atom. The fraction of sp³-hybridized carbons (Fsp3) is 0.692. The molecule has 0 fully saturated rings. The smallest absolute Gasteiger partial charge is 0.306 e. The van der Waals surface area contributed by atoms with Gasteiger partial charge in [0.1, 0.15) is 0 Å². The molecule has 0 spiro atoms. The van der Waals surface area contributed by atoms with Gasteiger partial charge in [0.25, 0.3) is 0 Å². The summed E-state index contributed by atoms with van der Waals surface area (Å²) in [4.78, 5) is 10.9. The summed E-state index contributed by atoms with van der Waals surface area (Å²) in [6.07, 6.45) is 1.58. The van der Waals surface area contributed by atoms with Gasteiger partial charge in [0.2, 0.25) is 0 Å². The van der Waals surface area contributed by atoms with Gasteiger partial charge in [-0.05, 0) is 39.2 Å². The zero-order chi connectivity index (χ0) is 13.2. The number of carboxylic acid groups (broad SMARTS) is 1. The second-order valence-electron chi connectivity index (χ2n) is 4.79. The third-order valence-corrected chi connectivity index (χ3v) is 3.42. The monoisotopic (exact) mass is 238 g/mol. The van der Waals surface area contributed by atoms with Crippen LogP contribution in [0, 0.1) is 19.8 Å². The maximum atomic E-state index is 10.9. The van der Waals surface area contributed by atoms with E-state index in [0.717, 1.165) is 23.4 Å². The summed E-state index contributed by atoms with van der Waals surface area (Å²) in [7, 11) is 0. The molecule has 2 unspecified atom stereocenters. The highest BCUT2D eigenvalue weighted by atomic mass is 16.4. The molecule has 1 N–H and O–H groups in total. The third-order valence-electron chi connectivity index (χ3n) is 3.42. The van der Waals surface area contributed by atoms with Crippen LogP contribution in [0.5, 0.6) is 0 Å². The number of rotatable bonds is 5. The van der Waals surface area contributed by atoms with Gasteiger partial charge in [0.15, 0.2) is 0 Å². The minimum absolute atomic E-state index is 0.359. The van der Waals surface area contributed by atoms with Crippen molar-refractivity contribution < 1.29 is 9.90 Å². The Balaban J connectivity index is 3.01. The molecular weight excluding hydrogens is 216 g/mol. The predicted octanol–water partition coefficient (Wildman–Crippen LogP) is 2.73. The maximum absolute atomic E-state index is 10.9. The van der Waals surface area contributed by atoms with Crippen molar-refractivity contribution in [1.82, 2.24) is 9.78 Å². The third kappa shape index (κ3) is 2.87. The summed E-state index contributed by atoms with van der Waals surface area (Å²) < 4.78 is 2.01. The molecule has 2 atom stereocenters. The van der Waals surface area contributed by atoms with Crippen molar-refractivity contribution in [3.63, 3.8) is 0 Å². The van der Waals surface area contributed by atoms with E-state index >= 15 is 0 Å². The van der Waals surface area contributed by atoms with Crippen molar-refractivity contribution in [3.8, 4) is 0 Å². The van der Waals surface area contributed by atoms with E-state index in [1.807, 2.05) is 18.5 Å². The standard InChI is InChI=1S/C13H22N2O2/c1-6-9(3)15-11(5)12(10(4)14-15)7-8(2)13(16)17/h8-9H,6-7H2,1-5H3,(H,16,17). The molecule has 0 aliphatic heterocycles. The van der Waals surface area contributed by atoms with E-state index < -0.39 is 5.97 Å². The molecule has 1 rings (SSSR count). The van der Waals surface area contributed by atoms with Crippen molar-refractivity contribution >= 4 is 5.97 Å². The van der Waals surface area contributed by atoms with Gasteiger partial charge in [-0.2, -0.15) is 5.10 Å². The van der Waals surface area contributed by atoms with Gasteiger partial charge in [-0.25, -0.2) is 0 Å². The highest BCUT2D eigenvalue weighted by Gasteiger charge is 2.19. The van der Waals surface area contributed by atoms with Gasteiger partial charge >= 0.3 is 5.97 Å². The Kier molecular flexibility index (Phi) is 4.32. The van der Waals surface area contributed by atoms with Gasteiger partial charge in [0.05, 0.1) is 11.6 Å². The predicted molar refractivity (Wildman–Crippen MR) is 67.2 cm³/mol. The number of carboxylic acids is 1. The van der Waals surface area contributed by atoms with Gasteiger partial charge in [-0.3, -0.25) is 9.48 Å². The highest BCUT2D eigenvalue weighted by Crippen LogP contribution is 2.21. The van der Waals surface area contributed by atoms with Crippen LogP contribution in [0.4, 0.5) is 0 Å². The van der Waals surface area contributed by atoms with E-state index in [4.69, 9.17) is 5.11 Å². The van der Waals surface area contributed by atoms with Crippen molar-refractivity contribution in [2.75, 3.05) is 0 Å². The highest BCUT2D eigenvalue weighted by molar-refractivity contribution is 5.70. The molecule has 0 aliphatic rings. The van der Waals surface area contributed by atoms with E-state index in [1.54, 1.807) is 6.92 Å². The zero-order valence-electron chi connectivity index (χ0n) is 11.3. The number of carbonyl (C=O) groups is 1. The van der Waals surface area contributed by atoms with Gasteiger partial charge in [-0.1, -0.05) is 13.8 Å². The van der Waals surface area contributed by atoms with Crippen LogP contribution in [0.3, 0.4) is 0 Å². The van der Waals surface area contributed by atoms with Crippen LogP contribution < -0.4 is 0 Å². The Bertz CT molecular complexity index is 410. The lowest BCUT2D eigenvalue weighted by Gasteiger charge is -2.12. The second kappa shape index (κ2) is 5.34. The lowest BCUT2D eigenvalue weighted by Crippen LogP contribution is -2.13. The molecule has 0 aliphatic carbocycles. The fourth-order valence-electron chi connectivity index (χ4n) is 1.99. The van der Waals surface area contributed by atoms with E-state index in [9.17, 15) is 4.79 Å². The number of aliphatic carboxylic acids is 1. The Morgan fingerprint density at radius 2 is 2.00 bits per heavy atom. The Morgan fingerprint density at radius 3 is 2.47 bits per heavy atom. The molecule has 4 heteroatoms. The number of aromatic nitrogens is 2. The lowest BCUT2D eigenvalue weighted by atomic mass is 10.00. The molecule has 0 bridgehead atoms. The van der Waals surface area contributed by atoms with Crippen LogP contribution in [0.1, 0.15) is 50.2 Å². The largest absolute Gasteiger partial charge is 0.481 e. The first-order valence-electron chi connectivity index (χ1n) is 6.15. The van der Waals surface area contributed by atoms with Crippen molar-refractivity contribution in [1.29, 1.82) is 0 Å². The zero-order valence-corrected chi connectivity index (χ0v) is 11.3. The Hall–Kier alpha value is -1.32. The fourth-order valence-corrected chi connectivity index (χ4v) is 1.99. The first-order chi connectivity index (χ1) is 7.88. The van der Waals surface area contributed by atoms with Crippen molar-refractivity contribution in [2.45, 2.75) is 53.5 Å². The molecule has 0 amide bonds. The molecular formula is C13H22N2O2. The van der Waals surface area contributed by atoms with Crippen LogP contribution in [0.25, 0.3) is 0 Å². The lowest BCUT2D eigenvalue weighted by molar-refractivity contribution is -0.141. The van der Waals surface area contributed by atoms with Crippen LogP contribution in [-0.4, -0.2) is 20.9 Å². The van der Waals surface area contributed by atoms with E-state index in [-0.39, 0.29) is 5.92 Å². The summed E-state index contributed by atoms with van der Waals surface area (Å²) in [5.74, 6) is -1.11. The number of hydrogen-bond donors (Lipinski definition) is 1. The molecule has 1 aromatic rings.